The smallest absolute Gasteiger partial charge is 0.251 e. The average molecular weight is 424 g/mol. The van der Waals surface area contributed by atoms with E-state index >= 15 is 0 Å². The number of benzene rings is 1. The average Bonchev–Trinajstić information content (AvgIpc) is 3.38. The quantitative estimate of drug-likeness (QED) is 0.401. The Morgan fingerprint density at radius 2 is 1.70 bits per heavy atom. The van der Waals surface area contributed by atoms with Gasteiger partial charge in [0.15, 0.2) is 11.0 Å². The highest BCUT2D eigenvalue weighted by Gasteiger charge is 2.18. The Labute approximate surface area is 179 Å². The molecule has 0 radical (unpaired) electrons. The summed E-state index contributed by atoms with van der Waals surface area (Å²) in [5.74, 6) is 3.93. The number of nitrogens with zero attached hydrogens (tertiary/aromatic N) is 5. The molecule has 1 aromatic carbocycles. The van der Waals surface area contributed by atoms with Crippen molar-refractivity contribution in [2.75, 3.05) is 0 Å². The summed E-state index contributed by atoms with van der Waals surface area (Å²) in [6.07, 6.45) is 0. The van der Waals surface area contributed by atoms with Gasteiger partial charge in [0, 0.05) is 12.6 Å². The fourth-order valence-electron chi connectivity index (χ4n) is 3.20. The van der Waals surface area contributed by atoms with Gasteiger partial charge in [0.1, 0.15) is 11.5 Å². The number of hydrogen-bond acceptors (Lipinski definition) is 7. The molecule has 4 rings (SSSR count). The van der Waals surface area contributed by atoms with Crippen LogP contribution in [0.25, 0.3) is 22.8 Å². The van der Waals surface area contributed by atoms with Gasteiger partial charge in [0.05, 0.1) is 11.3 Å². The normalized spacial score (nSPS) is 11.9. The number of aryl methyl sites for hydroxylation is 2. The van der Waals surface area contributed by atoms with E-state index < -0.39 is 0 Å². The number of furan rings is 1. The first-order chi connectivity index (χ1) is 14.2. The molecule has 0 amide bonds. The van der Waals surface area contributed by atoms with E-state index in [-0.39, 0.29) is 5.41 Å². The van der Waals surface area contributed by atoms with E-state index in [1.165, 1.54) is 17.3 Å². The van der Waals surface area contributed by atoms with Crippen molar-refractivity contribution in [1.82, 2.24) is 25.0 Å². The second-order valence-electron chi connectivity index (χ2n) is 8.31. The summed E-state index contributed by atoms with van der Waals surface area (Å²) in [5, 5.41) is 17.8. The minimum absolute atomic E-state index is 0.121. The lowest BCUT2D eigenvalue weighted by Crippen LogP contribution is -2.10. The Bertz CT molecular complexity index is 1170. The van der Waals surface area contributed by atoms with E-state index in [0.717, 1.165) is 33.6 Å². The summed E-state index contributed by atoms with van der Waals surface area (Å²) < 4.78 is 13.3. The number of thioether (sulfide) groups is 1. The van der Waals surface area contributed by atoms with Crippen molar-refractivity contribution in [3.63, 3.8) is 0 Å². The molecule has 0 bridgehead atoms. The first-order valence-corrected chi connectivity index (χ1v) is 10.7. The van der Waals surface area contributed by atoms with Crippen molar-refractivity contribution in [3.05, 3.63) is 53.3 Å². The van der Waals surface area contributed by atoms with Gasteiger partial charge in [-0.25, -0.2) is 0 Å². The van der Waals surface area contributed by atoms with Crippen LogP contribution in [0.3, 0.4) is 0 Å². The van der Waals surface area contributed by atoms with Crippen molar-refractivity contribution < 1.29 is 8.83 Å². The van der Waals surface area contributed by atoms with E-state index in [1.54, 1.807) is 0 Å². The van der Waals surface area contributed by atoms with Gasteiger partial charge in [-0.2, -0.15) is 0 Å². The van der Waals surface area contributed by atoms with Gasteiger partial charge in [-0.3, -0.25) is 0 Å². The Balaban J connectivity index is 1.47. The number of rotatable bonds is 5. The topological polar surface area (TPSA) is 82.8 Å². The highest BCUT2D eigenvalue weighted by atomic mass is 32.2. The highest BCUT2D eigenvalue weighted by molar-refractivity contribution is 7.98. The molecule has 8 heteroatoms. The maximum atomic E-state index is 5.80. The molecule has 0 aliphatic heterocycles. The molecule has 4 aromatic rings. The third-order valence-corrected chi connectivity index (χ3v) is 5.91. The Morgan fingerprint density at radius 3 is 2.33 bits per heavy atom. The summed E-state index contributed by atoms with van der Waals surface area (Å²) in [6, 6.07) is 10.4. The third kappa shape index (κ3) is 4.05. The predicted molar refractivity (Wildman–Crippen MR) is 116 cm³/mol. The van der Waals surface area contributed by atoms with E-state index in [2.05, 4.69) is 65.4 Å². The number of aromatic nitrogens is 5. The molecule has 3 aromatic heterocycles. The van der Waals surface area contributed by atoms with Crippen LogP contribution in [0.2, 0.25) is 0 Å². The van der Waals surface area contributed by atoms with Gasteiger partial charge < -0.3 is 13.4 Å². The van der Waals surface area contributed by atoms with Crippen molar-refractivity contribution in [3.8, 4) is 22.8 Å². The first-order valence-electron chi connectivity index (χ1n) is 9.75. The predicted octanol–water partition coefficient (Wildman–Crippen LogP) is 5.33. The van der Waals surface area contributed by atoms with Crippen molar-refractivity contribution in [1.29, 1.82) is 0 Å². The van der Waals surface area contributed by atoms with Gasteiger partial charge in [0.2, 0.25) is 5.89 Å². The van der Waals surface area contributed by atoms with Crippen LogP contribution in [0.5, 0.6) is 0 Å². The standard InChI is InChI=1S/C22H25N5O2S/c1-13-11-17(14(2)28-13)20-25-23-18(29-20)12-30-21-26-24-19(27(21)6)15-7-9-16(10-8-15)22(3,4)5/h7-11H,12H2,1-6H3. The van der Waals surface area contributed by atoms with Gasteiger partial charge in [-0.15, -0.1) is 20.4 Å². The Hall–Kier alpha value is -2.87. The zero-order valence-electron chi connectivity index (χ0n) is 18.1. The van der Waals surface area contributed by atoms with Crippen LogP contribution in [0.1, 0.15) is 43.7 Å². The summed E-state index contributed by atoms with van der Waals surface area (Å²) in [5.41, 5.74) is 3.28. The molecule has 0 aliphatic rings. The van der Waals surface area contributed by atoms with Crippen LogP contribution < -0.4 is 0 Å². The fourth-order valence-corrected chi connectivity index (χ4v) is 3.95. The molecule has 0 saturated heterocycles. The van der Waals surface area contributed by atoms with E-state index in [0.29, 0.717) is 17.5 Å². The van der Waals surface area contributed by atoms with Crippen molar-refractivity contribution >= 4 is 11.8 Å². The largest absolute Gasteiger partial charge is 0.466 e. The molecule has 0 atom stereocenters. The molecule has 0 spiro atoms. The van der Waals surface area contributed by atoms with Crippen LogP contribution in [0.15, 0.2) is 44.3 Å². The summed E-state index contributed by atoms with van der Waals surface area (Å²) >= 11 is 1.51. The van der Waals surface area contributed by atoms with Crippen LogP contribution in [-0.4, -0.2) is 25.0 Å². The van der Waals surface area contributed by atoms with Crippen LogP contribution in [0, 0.1) is 13.8 Å². The molecule has 0 saturated carbocycles. The third-order valence-electron chi connectivity index (χ3n) is 4.91. The van der Waals surface area contributed by atoms with Crippen molar-refractivity contribution in [2.45, 2.75) is 50.9 Å². The molecule has 0 unspecified atom stereocenters. The van der Waals surface area contributed by atoms with Gasteiger partial charge >= 0.3 is 0 Å². The van der Waals surface area contributed by atoms with E-state index in [1.807, 2.05) is 31.5 Å². The SMILES string of the molecule is Cc1cc(-c2nnc(CSc3nnc(-c4ccc(C(C)(C)C)cc4)n3C)o2)c(C)o1. The molecule has 30 heavy (non-hydrogen) atoms. The molecule has 0 aliphatic carbocycles. The highest BCUT2D eigenvalue weighted by Crippen LogP contribution is 2.29. The lowest BCUT2D eigenvalue weighted by Gasteiger charge is -2.19. The van der Waals surface area contributed by atoms with Crippen LogP contribution in [0.4, 0.5) is 0 Å². The molecule has 3 heterocycles. The first kappa shape index (κ1) is 20.4. The lowest BCUT2D eigenvalue weighted by atomic mass is 9.87. The summed E-state index contributed by atoms with van der Waals surface area (Å²) in [6.45, 7) is 10.4. The minimum Gasteiger partial charge on any atom is -0.466 e. The van der Waals surface area contributed by atoms with E-state index in [9.17, 15) is 0 Å². The molecule has 0 fully saturated rings. The zero-order chi connectivity index (χ0) is 21.5. The van der Waals surface area contributed by atoms with Crippen LogP contribution >= 0.6 is 11.8 Å². The Kier molecular flexibility index (Phi) is 5.27. The molecule has 156 valence electrons. The summed E-state index contributed by atoms with van der Waals surface area (Å²) in [7, 11) is 1.96. The molecule has 7 nitrogen and oxygen atoms in total. The van der Waals surface area contributed by atoms with Crippen molar-refractivity contribution in [2.24, 2.45) is 7.05 Å². The minimum atomic E-state index is 0.121. The van der Waals surface area contributed by atoms with Crippen LogP contribution in [-0.2, 0) is 18.2 Å². The zero-order valence-corrected chi connectivity index (χ0v) is 18.9. The second kappa shape index (κ2) is 7.75. The molecule has 0 N–H and O–H groups in total. The molecular formula is C22H25N5O2S. The second-order valence-corrected chi connectivity index (χ2v) is 9.25. The summed E-state index contributed by atoms with van der Waals surface area (Å²) in [4.78, 5) is 0. The monoisotopic (exact) mass is 423 g/mol. The van der Waals surface area contributed by atoms with Gasteiger partial charge in [0.25, 0.3) is 5.89 Å². The molecular weight excluding hydrogens is 398 g/mol. The fraction of sp³-hybridized carbons (Fsp3) is 0.364. The van der Waals surface area contributed by atoms with Gasteiger partial charge in [-0.05, 0) is 30.9 Å². The maximum absolute atomic E-state index is 5.80. The number of hydrogen-bond donors (Lipinski definition) is 0. The van der Waals surface area contributed by atoms with Gasteiger partial charge in [-0.1, -0.05) is 56.8 Å². The maximum Gasteiger partial charge on any atom is 0.251 e. The van der Waals surface area contributed by atoms with E-state index in [4.69, 9.17) is 8.83 Å². The lowest BCUT2D eigenvalue weighted by molar-refractivity contribution is 0.499. The Morgan fingerprint density at radius 1 is 0.967 bits per heavy atom.